The third-order valence-electron chi connectivity index (χ3n) is 1.57. The number of thiophene rings is 1. The molecule has 0 amide bonds. The van der Waals surface area contributed by atoms with Crippen molar-refractivity contribution in [2.24, 2.45) is 0 Å². The van der Waals surface area contributed by atoms with Gasteiger partial charge in [0.2, 0.25) is 0 Å². The predicted molar refractivity (Wildman–Crippen MR) is 41.2 cm³/mol. The summed E-state index contributed by atoms with van der Waals surface area (Å²) in [4.78, 5) is 6.59. The van der Waals surface area contributed by atoms with Crippen molar-refractivity contribution in [1.29, 1.82) is 0 Å². The first kappa shape index (κ1) is 6.19. The van der Waals surface area contributed by atoms with Crippen molar-refractivity contribution in [2.75, 3.05) is 0 Å². The maximum atomic E-state index is 5.24. The van der Waals surface area contributed by atoms with Gasteiger partial charge in [-0.05, 0) is 18.4 Å². The van der Waals surface area contributed by atoms with Gasteiger partial charge in [-0.3, -0.25) is 0 Å². The number of hydrogen-bond acceptors (Lipinski definition) is 3. The molecule has 0 radical (unpaired) electrons. The van der Waals surface area contributed by atoms with E-state index in [-0.39, 0.29) is 0 Å². The molecule has 1 aromatic heterocycles. The Morgan fingerprint density at radius 2 is 2.70 bits per heavy atom. The van der Waals surface area contributed by atoms with Crippen molar-refractivity contribution in [3.05, 3.63) is 16.3 Å². The molecule has 0 saturated heterocycles. The summed E-state index contributed by atoms with van der Waals surface area (Å²) >= 11 is 1.76. The summed E-state index contributed by atoms with van der Waals surface area (Å²) in [5, 5.41) is 2.06. The highest BCUT2D eigenvalue weighted by molar-refractivity contribution is 7.10. The average Bonchev–Trinajstić information content (AvgIpc) is 2.33. The van der Waals surface area contributed by atoms with Gasteiger partial charge in [0, 0.05) is 12.5 Å². The van der Waals surface area contributed by atoms with Crippen LogP contribution in [0.2, 0.25) is 0 Å². The molecule has 0 saturated carbocycles. The molecular weight excluding hydrogens is 146 g/mol. The largest absolute Gasteiger partial charge is 0.407 e. The first-order valence-corrected chi connectivity index (χ1v) is 4.23. The zero-order valence-corrected chi connectivity index (χ0v) is 6.57. The molecule has 0 fully saturated rings. The molecule has 1 N–H and O–H groups in total. The Morgan fingerprint density at radius 3 is 3.60 bits per heavy atom. The fourth-order valence-electron chi connectivity index (χ4n) is 1.05. The Morgan fingerprint density at radius 1 is 1.80 bits per heavy atom. The van der Waals surface area contributed by atoms with Crippen molar-refractivity contribution < 1.29 is 4.84 Å². The molecule has 1 atom stereocenters. The van der Waals surface area contributed by atoms with Gasteiger partial charge in [-0.25, -0.2) is 0 Å². The van der Waals surface area contributed by atoms with E-state index < -0.39 is 0 Å². The first-order valence-electron chi connectivity index (χ1n) is 3.35. The van der Waals surface area contributed by atoms with Crippen molar-refractivity contribution >= 4 is 11.3 Å². The van der Waals surface area contributed by atoms with Crippen LogP contribution in [0.15, 0.2) is 11.4 Å². The van der Waals surface area contributed by atoms with Gasteiger partial charge in [-0.15, -0.1) is 11.3 Å². The van der Waals surface area contributed by atoms with Crippen LogP contribution in [0.25, 0.3) is 0 Å². The van der Waals surface area contributed by atoms with E-state index >= 15 is 0 Å². The molecule has 1 aliphatic rings. The van der Waals surface area contributed by atoms with E-state index in [1.165, 1.54) is 4.88 Å². The molecule has 0 aromatic carbocycles. The molecule has 3 heteroatoms. The molecule has 0 aliphatic carbocycles. The van der Waals surface area contributed by atoms with E-state index in [4.69, 9.17) is 4.84 Å². The molecule has 0 bridgehead atoms. The fraction of sp³-hybridized carbons (Fsp3) is 0.429. The molecule has 0 spiro atoms. The molecule has 1 aromatic rings. The van der Waals surface area contributed by atoms with Gasteiger partial charge in [0.25, 0.3) is 0 Å². The van der Waals surface area contributed by atoms with Crippen LogP contribution in [0, 0.1) is 0 Å². The lowest BCUT2D eigenvalue weighted by molar-refractivity contribution is 0.144. The SMILES string of the molecule is C[C@H]1Cc2sccc2ON1. The Bertz CT molecular complexity index is 233. The quantitative estimate of drug-likeness (QED) is 0.614. The minimum absolute atomic E-state index is 0.450. The molecular formula is C7H9NOS. The zero-order chi connectivity index (χ0) is 6.97. The second-order valence-electron chi connectivity index (χ2n) is 2.53. The first-order chi connectivity index (χ1) is 4.86. The molecule has 2 heterocycles. The number of hydroxylamine groups is 1. The van der Waals surface area contributed by atoms with E-state index in [1.54, 1.807) is 11.3 Å². The van der Waals surface area contributed by atoms with Crippen LogP contribution in [-0.2, 0) is 6.42 Å². The molecule has 54 valence electrons. The van der Waals surface area contributed by atoms with Gasteiger partial charge in [0.1, 0.15) is 0 Å². The predicted octanol–water partition coefficient (Wildman–Crippen LogP) is 1.58. The summed E-state index contributed by atoms with van der Waals surface area (Å²) < 4.78 is 0. The van der Waals surface area contributed by atoms with Gasteiger partial charge in [-0.2, -0.15) is 5.48 Å². The van der Waals surface area contributed by atoms with E-state index in [2.05, 4.69) is 17.8 Å². The molecule has 1 aliphatic heterocycles. The van der Waals surface area contributed by atoms with Crippen molar-refractivity contribution in [3.63, 3.8) is 0 Å². The molecule has 2 rings (SSSR count). The summed E-state index contributed by atoms with van der Waals surface area (Å²) in [7, 11) is 0. The summed E-state index contributed by atoms with van der Waals surface area (Å²) in [5.74, 6) is 1.00. The van der Waals surface area contributed by atoms with E-state index in [9.17, 15) is 0 Å². The summed E-state index contributed by atoms with van der Waals surface area (Å²) in [6, 6.07) is 2.45. The molecule has 0 unspecified atom stereocenters. The highest BCUT2D eigenvalue weighted by atomic mass is 32.1. The van der Waals surface area contributed by atoms with E-state index in [0.29, 0.717) is 6.04 Å². The minimum Gasteiger partial charge on any atom is -0.407 e. The highest BCUT2D eigenvalue weighted by Crippen LogP contribution is 2.28. The van der Waals surface area contributed by atoms with Crippen LogP contribution in [0.5, 0.6) is 5.75 Å². The Balaban J connectivity index is 2.30. The summed E-state index contributed by atoms with van der Waals surface area (Å²) in [6.45, 7) is 2.11. The third-order valence-corrected chi connectivity index (χ3v) is 2.49. The number of fused-ring (bicyclic) bond motifs is 1. The van der Waals surface area contributed by atoms with Gasteiger partial charge < -0.3 is 4.84 Å². The average molecular weight is 155 g/mol. The summed E-state index contributed by atoms with van der Waals surface area (Å²) in [6.07, 6.45) is 1.09. The summed E-state index contributed by atoms with van der Waals surface area (Å²) in [5.41, 5.74) is 2.93. The molecule has 2 nitrogen and oxygen atoms in total. The molecule has 10 heavy (non-hydrogen) atoms. The maximum absolute atomic E-state index is 5.24. The van der Waals surface area contributed by atoms with Crippen LogP contribution in [0.3, 0.4) is 0 Å². The van der Waals surface area contributed by atoms with Crippen LogP contribution in [0.4, 0.5) is 0 Å². The zero-order valence-electron chi connectivity index (χ0n) is 5.76. The van der Waals surface area contributed by atoms with Gasteiger partial charge in [0.15, 0.2) is 5.75 Å². The van der Waals surface area contributed by atoms with E-state index in [1.807, 2.05) is 6.07 Å². The number of nitrogens with one attached hydrogen (secondary N) is 1. The topological polar surface area (TPSA) is 21.3 Å². The van der Waals surface area contributed by atoms with Gasteiger partial charge in [0.05, 0.1) is 4.88 Å². The fourth-order valence-corrected chi connectivity index (χ4v) is 1.98. The maximum Gasteiger partial charge on any atom is 0.161 e. The van der Waals surface area contributed by atoms with Crippen molar-refractivity contribution in [1.82, 2.24) is 5.48 Å². The lowest BCUT2D eigenvalue weighted by Gasteiger charge is -2.19. The normalized spacial score (nSPS) is 23.5. The van der Waals surface area contributed by atoms with Crippen molar-refractivity contribution in [2.45, 2.75) is 19.4 Å². The second kappa shape index (κ2) is 2.25. The lowest BCUT2D eigenvalue weighted by atomic mass is 10.2. The van der Waals surface area contributed by atoms with Gasteiger partial charge in [-0.1, -0.05) is 0 Å². The number of hydrogen-bond donors (Lipinski definition) is 1. The minimum atomic E-state index is 0.450. The van der Waals surface area contributed by atoms with Gasteiger partial charge >= 0.3 is 0 Å². The van der Waals surface area contributed by atoms with Crippen LogP contribution < -0.4 is 10.3 Å². The highest BCUT2D eigenvalue weighted by Gasteiger charge is 2.16. The van der Waals surface area contributed by atoms with Crippen LogP contribution in [-0.4, -0.2) is 6.04 Å². The monoisotopic (exact) mass is 155 g/mol. The Kier molecular flexibility index (Phi) is 1.39. The van der Waals surface area contributed by atoms with Crippen molar-refractivity contribution in [3.8, 4) is 5.75 Å². The second-order valence-corrected chi connectivity index (χ2v) is 3.53. The number of rotatable bonds is 0. The smallest absolute Gasteiger partial charge is 0.161 e. The Labute approximate surface area is 63.8 Å². The third kappa shape index (κ3) is 0.914. The van der Waals surface area contributed by atoms with Crippen LogP contribution in [0.1, 0.15) is 11.8 Å². The van der Waals surface area contributed by atoms with Crippen LogP contribution >= 0.6 is 11.3 Å². The Hall–Kier alpha value is -0.540. The lowest BCUT2D eigenvalue weighted by Crippen LogP contribution is -2.34. The standard InChI is InChI=1S/C7H9NOS/c1-5-4-7-6(9-8-5)2-3-10-7/h2-3,5,8H,4H2,1H3/t5-/m0/s1. The van der Waals surface area contributed by atoms with E-state index in [0.717, 1.165) is 12.2 Å².